The van der Waals surface area contributed by atoms with Gasteiger partial charge in [-0.25, -0.2) is 0 Å². The quantitative estimate of drug-likeness (QED) is 0.889. The summed E-state index contributed by atoms with van der Waals surface area (Å²) in [4.78, 5) is 13.7. The molecular formula is C15H18N4O2. The Morgan fingerprint density at radius 1 is 1.48 bits per heavy atom. The van der Waals surface area contributed by atoms with Crippen LogP contribution in [0.2, 0.25) is 0 Å². The molecule has 2 heterocycles. The Morgan fingerprint density at radius 2 is 2.24 bits per heavy atom. The molecule has 2 aliphatic rings. The van der Waals surface area contributed by atoms with E-state index in [-0.39, 0.29) is 5.92 Å². The third-order valence-corrected chi connectivity index (χ3v) is 5.14. The van der Waals surface area contributed by atoms with E-state index in [1.165, 1.54) is 0 Å². The molecule has 0 amide bonds. The summed E-state index contributed by atoms with van der Waals surface area (Å²) < 4.78 is 0. The van der Waals surface area contributed by atoms with Gasteiger partial charge in [-0.15, -0.1) is 5.10 Å². The van der Waals surface area contributed by atoms with Gasteiger partial charge in [0.1, 0.15) is 11.6 Å². The number of aryl methyl sites for hydroxylation is 1. The normalized spacial score (nSPS) is 27.5. The molecule has 0 radical (unpaired) electrons. The number of nitriles is 1. The lowest BCUT2D eigenvalue weighted by Crippen LogP contribution is -2.36. The fourth-order valence-electron chi connectivity index (χ4n) is 3.75. The van der Waals surface area contributed by atoms with Crippen molar-refractivity contribution in [3.8, 4) is 6.07 Å². The second-order valence-electron chi connectivity index (χ2n) is 6.15. The van der Waals surface area contributed by atoms with Crippen LogP contribution >= 0.6 is 0 Å². The number of fused-ring (bicyclic) bond motifs is 1. The van der Waals surface area contributed by atoms with E-state index in [1.54, 1.807) is 0 Å². The smallest absolute Gasteiger partial charge is 0.311 e. The Hall–Kier alpha value is -2.16. The molecule has 1 saturated heterocycles. The number of nitrogens with zero attached hydrogens (tertiary/aromatic N) is 4. The molecule has 21 heavy (non-hydrogen) atoms. The van der Waals surface area contributed by atoms with Crippen molar-refractivity contribution in [1.82, 2.24) is 10.2 Å². The Labute approximate surface area is 123 Å². The second kappa shape index (κ2) is 4.69. The van der Waals surface area contributed by atoms with Crippen LogP contribution in [0.1, 0.15) is 36.1 Å². The summed E-state index contributed by atoms with van der Waals surface area (Å²) in [5, 5.41) is 27.3. The average molecular weight is 286 g/mol. The van der Waals surface area contributed by atoms with E-state index in [0.29, 0.717) is 30.9 Å². The molecule has 1 saturated carbocycles. The number of hydrogen-bond acceptors (Lipinski definition) is 5. The first-order chi connectivity index (χ1) is 9.99. The standard InChI is InChI=1S/C15H18N4O2/c1-9-10(2)17-18-13(12(9)6-16)19-7-11-4-3-5-15(11,8-19)14(20)21/h11H,3-5,7-8H2,1-2H3,(H,20,21)/t11-,15+/m0/s1. The molecule has 2 atom stereocenters. The summed E-state index contributed by atoms with van der Waals surface area (Å²) in [5.41, 5.74) is 1.40. The van der Waals surface area contributed by atoms with Crippen LogP contribution in [0.3, 0.4) is 0 Å². The summed E-state index contributed by atoms with van der Waals surface area (Å²) in [6.45, 7) is 4.76. The monoisotopic (exact) mass is 286 g/mol. The Balaban J connectivity index is 2.00. The van der Waals surface area contributed by atoms with Gasteiger partial charge in [0.2, 0.25) is 0 Å². The molecule has 3 rings (SSSR count). The highest BCUT2D eigenvalue weighted by atomic mass is 16.4. The van der Waals surface area contributed by atoms with Gasteiger partial charge in [-0.1, -0.05) is 6.42 Å². The molecule has 2 fully saturated rings. The third-order valence-electron chi connectivity index (χ3n) is 5.14. The number of carboxylic acid groups (broad SMARTS) is 1. The lowest BCUT2D eigenvalue weighted by Gasteiger charge is -2.24. The van der Waals surface area contributed by atoms with Gasteiger partial charge in [-0.3, -0.25) is 4.79 Å². The van der Waals surface area contributed by atoms with Crippen LogP contribution in [-0.2, 0) is 4.79 Å². The highest BCUT2D eigenvalue weighted by Crippen LogP contribution is 2.49. The SMILES string of the molecule is Cc1nnc(N2C[C@@H]3CCC[C@@]3(C(=O)O)C2)c(C#N)c1C. The average Bonchev–Trinajstić information content (AvgIpc) is 2.99. The minimum Gasteiger partial charge on any atom is -0.481 e. The van der Waals surface area contributed by atoms with E-state index in [2.05, 4.69) is 16.3 Å². The maximum Gasteiger partial charge on any atom is 0.311 e. The zero-order valence-electron chi connectivity index (χ0n) is 12.3. The van der Waals surface area contributed by atoms with E-state index < -0.39 is 11.4 Å². The van der Waals surface area contributed by atoms with E-state index in [9.17, 15) is 15.2 Å². The third kappa shape index (κ3) is 1.88. The number of rotatable bonds is 2. The van der Waals surface area contributed by atoms with Gasteiger partial charge in [0.05, 0.1) is 11.1 Å². The van der Waals surface area contributed by atoms with Gasteiger partial charge in [0, 0.05) is 13.1 Å². The van der Waals surface area contributed by atoms with E-state index in [4.69, 9.17) is 0 Å². The molecule has 0 unspecified atom stereocenters. The van der Waals surface area contributed by atoms with E-state index in [0.717, 1.165) is 24.1 Å². The number of carbonyl (C=O) groups is 1. The maximum absolute atomic E-state index is 11.7. The van der Waals surface area contributed by atoms with Crippen LogP contribution < -0.4 is 4.90 Å². The van der Waals surface area contributed by atoms with E-state index >= 15 is 0 Å². The van der Waals surface area contributed by atoms with Crippen molar-refractivity contribution in [3.05, 3.63) is 16.8 Å². The number of aliphatic carboxylic acids is 1. The fourth-order valence-corrected chi connectivity index (χ4v) is 3.75. The van der Waals surface area contributed by atoms with E-state index in [1.807, 2.05) is 18.7 Å². The molecule has 1 aliphatic heterocycles. The first kappa shape index (κ1) is 13.8. The molecule has 110 valence electrons. The minimum atomic E-state index is -0.720. The highest BCUT2D eigenvalue weighted by molar-refractivity contribution is 5.78. The van der Waals surface area contributed by atoms with Crippen LogP contribution in [0.25, 0.3) is 0 Å². The van der Waals surface area contributed by atoms with Crippen molar-refractivity contribution in [1.29, 1.82) is 5.26 Å². The number of aromatic nitrogens is 2. The lowest BCUT2D eigenvalue weighted by atomic mass is 9.81. The van der Waals surface area contributed by atoms with Gasteiger partial charge in [-0.2, -0.15) is 10.4 Å². The Morgan fingerprint density at radius 3 is 2.86 bits per heavy atom. The van der Waals surface area contributed by atoms with Crippen molar-refractivity contribution in [2.45, 2.75) is 33.1 Å². The first-order valence-electron chi connectivity index (χ1n) is 7.22. The fraction of sp³-hybridized carbons (Fsp3) is 0.600. The number of anilines is 1. The van der Waals surface area contributed by atoms with Gasteiger partial charge in [-0.05, 0) is 38.2 Å². The maximum atomic E-state index is 11.7. The molecule has 1 N–H and O–H groups in total. The zero-order valence-corrected chi connectivity index (χ0v) is 12.3. The molecular weight excluding hydrogens is 268 g/mol. The van der Waals surface area contributed by atoms with Crippen molar-refractivity contribution in [2.75, 3.05) is 18.0 Å². The summed E-state index contributed by atoms with van der Waals surface area (Å²) in [5.74, 6) is -0.0385. The van der Waals surface area contributed by atoms with Crippen LogP contribution in [0, 0.1) is 36.5 Å². The van der Waals surface area contributed by atoms with Crippen LogP contribution in [0.4, 0.5) is 5.82 Å². The minimum absolute atomic E-state index is 0.143. The van der Waals surface area contributed by atoms with Gasteiger partial charge < -0.3 is 10.0 Å². The highest BCUT2D eigenvalue weighted by Gasteiger charge is 2.55. The predicted molar refractivity (Wildman–Crippen MR) is 75.8 cm³/mol. The first-order valence-corrected chi connectivity index (χ1v) is 7.22. The molecule has 6 nitrogen and oxygen atoms in total. The van der Waals surface area contributed by atoms with Gasteiger partial charge in [0.15, 0.2) is 5.82 Å². The van der Waals surface area contributed by atoms with Crippen LogP contribution in [0.15, 0.2) is 0 Å². The molecule has 6 heteroatoms. The molecule has 1 aromatic heterocycles. The molecule has 0 spiro atoms. The largest absolute Gasteiger partial charge is 0.481 e. The van der Waals surface area contributed by atoms with Crippen LogP contribution in [0.5, 0.6) is 0 Å². The number of carboxylic acids is 1. The summed E-state index contributed by atoms with van der Waals surface area (Å²) in [6.07, 6.45) is 2.61. The van der Waals surface area contributed by atoms with Crippen molar-refractivity contribution in [2.24, 2.45) is 11.3 Å². The molecule has 1 aromatic rings. The Kier molecular flexibility index (Phi) is 3.08. The van der Waals surface area contributed by atoms with Crippen molar-refractivity contribution in [3.63, 3.8) is 0 Å². The summed E-state index contributed by atoms with van der Waals surface area (Å²) in [6, 6.07) is 2.20. The van der Waals surface area contributed by atoms with Crippen LogP contribution in [-0.4, -0.2) is 34.4 Å². The van der Waals surface area contributed by atoms with Gasteiger partial charge in [0.25, 0.3) is 0 Å². The molecule has 1 aliphatic carbocycles. The van der Waals surface area contributed by atoms with Crippen molar-refractivity contribution >= 4 is 11.8 Å². The lowest BCUT2D eigenvalue weighted by molar-refractivity contribution is -0.149. The molecule has 0 bridgehead atoms. The summed E-state index contributed by atoms with van der Waals surface area (Å²) >= 11 is 0. The Bertz CT molecular complexity index is 652. The van der Waals surface area contributed by atoms with Gasteiger partial charge >= 0.3 is 5.97 Å². The zero-order chi connectivity index (χ0) is 15.2. The number of hydrogen-bond donors (Lipinski definition) is 1. The van der Waals surface area contributed by atoms with Crippen molar-refractivity contribution < 1.29 is 9.90 Å². The topological polar surface area (TPSA) is 90.1 Å². The second-order valence-corrected chi connectivity index (χ2v) is 6.15. The molecule has 0 aromatic carbocycles. The predicted octanol–water partition coefficient (Wildman–Crippen LogP) is 1.66. The summed E-state index contributed by atoms with van der Waals surface area (Å²) in [7, 11) is 0.